The molecule has 0 aromatic carbocycles. The van der Waals surface area contributed by atoms with Gasteiger partial charge in [-0.25, -0.2) is 0 Å². The minimum atomic E-state index is -4.01. The third-order valence-electron chi connectivity index (χ3n) is 1.89. The molecule has 1 nitrogen and oxygen atoms in total. The van der Waals surface area contributed by atoms with Crippen molar-refractivity contribution in [1.29, 1.82) is 0 Å². The van der Waals surface area contributed by atoms with Crippen molar-refractivity contribution in [3.05, 3.63) is 0 Å². The molecule has 0 radical (unpaired) electrons. The second-order valence-electron chi connectivity index (χ2n) is 3.41. The van der Waals surface area contributed by atoms with Gasteiger partial charge in [-0.15, -0.1) is 0 Å². The Hall–Kier alpha value is -0.0600. The Labute approximate surface area is 85.5 Å². The van der Waals surface area contributed by atoms with Crippen molar-refractivity contribution in [2.24, 2.45) is 0 Å². The van der Waals surface area contributed by atoms with Crippen LogP contribution in [0.5, 0.6) is 0 Å². The monoisotopic (exact) mass is 230 g/mol. The third kappa shape index (κ3) is 11.9. The van der Waals surface area contributed by atoms with Crippen LogP contribution in [0, 0.1) is 0 Å². The van der Waals surface area contributed by atoms with Gasteiger partial charge in [0.1, 0.15) is 0 Å². The smallest absolute Gasteiger partial charge is 0.260 e. The highest BCUT2D eigenvalue weighted by molar-refractivity contribution is 7.84. The van der Waals surface area contributed by atoms with E-state index in [9.17, 15) is 17.4 Å². The molecule has 0 aliphatic heterocycles. The van der Waals surface area contributed by atoms with Gasteiger partial charge in [-0.1, -0.05) is 19.3 Å². The molecule has 0 heterocycles. The van der Waals surface area contributed by atoms with Crippen molar-refractivity contribution in [3.8, 4) is 0 Å². The molecule has 0 aliphatic carbocycles. The number of halogens is 3. The Balaban J connectivity index is 3.11. The zero-order valence-electron chi connectivity index (χ0n) is 8.40. The predicted octanol–water partition coefficient (Wildman–Crippen LogP) is 3.27. The standard InChI is InChI=1S/C9H17F3OS/c1-14(13)8-6-4-2-3-5-7-9(10,11)12/h2-8H2,1H3. The van der Waals surface area contributed by atoms with Crippen molar-refractivity contribution in [1.82, 2.24) is 0 Å². The Bertz CT molecular complexity index is 168. The van der Waals surface area contributed by atoms with Crippen LogP contribution in [0.15, 0.2) is 0 Å². The lowest BCUT2D eigenvalue weighted by Crippen LogP contribution is -2.06. The molecule has 5 heteroatoms. The Morgan fingerprint density at radius 3 is 2.00 bits per heavy atom. The zero-order chi connectivity index (χ0) is 11.0. The van der Waals surface area contributed by atoms with Gasteiger partial charge in [-0.2, -0.15) is 13.2 Å². The highest BCUT2D eigenvalue weighted by Gasteiger charge is 2.25. The van der Waals surface area contributed by atoms with Crippen molar-refractivity contribution in [2.45, 2.75) is 44.7 Å². The van der Waals surface area contributed by atoms with Crippen molar-refractivity contribution in [3.63, 3.8) is 0 Å². The first-order valence-corrected chi connectivity index (χ1v) is 6.51. The summed E-state index contributed by atoms with van der Waals surface area (Å²) < 4.78 is 45.7. The van der Waals surface area contributed by atoms with Crippen LogP contribution in [0.1, 0.15) is 38.5 Å². The average molecular weight is 230 g/mol. The van der Waals surface area contributed by atoms with Gasteiger partial charge in [0.2, 0.25) is 0 Å². The van der Waals surface area contributed by atoms with Crippen LogP contribution >= 0.6 is 0 Å². The molecule has 1 atom stereocenters. The first kappa shape index (κ1) is 13.9. The van der Waals surface area contributed by atoms with E-state index in [1.54, 1.807) is 6.26 Å². The van der Waals surface area contributed by atoms with Crippen LogP contribution < -0.4 is 0 Å². The fraction of sp³-hybridized carbons (Fsp3) is 1.00. The molecular formula is C9H17F3OS. The van der Waals surface area contributed by atoms with Gasteiger partial charge >= 0.3 is 6.18 Å². The van der Waals surface area contributed by atoms with Gasteiger partial charge in [0.25, 0.3) is 0 Å². The van der Waals surface area contributed by atoms with Crippen LogP contribution in [0.3, 0.4) is 0 Å². The van der Waals surface area contributed by atoms with Crippen molar-refractivity contribution < 1.29 is 17.4 Å². The van der Waals surface area contributed by atoms with Gasteiger partial charge < -0.3 is 0 Å². The molecule has 0 rings (SSSR count). The second-order valence-corrected chi connectivity index (χ2v) is 4.96. The molecule has 0 saturated heterocycles. The van der Waals surface area contributed by atoms with Crippen LogP contribution in [0.25, 0.3) is 0 Å². The summed E-state index contributed by atoms with van der Waals surface area (Å²) in [7, 11) is -0.767. The lowest BCUT2D eigenvalue weighted by molar-refractivity contribution is -0.135. The molecule has 1 unspecified atom stereocenters. The summed E-state index contributed by atoms with van der Waals surface area (Å²) in [5.74, 6) is 0.666. The van der Waals surface area contributed by atoms with E-state index in [1.165, 1.54) is 0 Å². The quantitative estimate of drug-likeness (QED) is 0.613. The number of hydrogen-bond donors (Lipinski definition) is 0. The minimum Gasteiger partial charge on any atom is -0.260 e. The van der Waals surface area contributed by atoms with Gasteiger partial charge in [-0.05, 0) is 12.8 Å². The molecular weight excluding hydrogens is 213 g/mol. The van der Waals surface area contributed by atoms with Crippen molar-refractivity contribution >= 4 is 10.8 Å². The maximum atomic E-state index is 11.7. The normalized spacial score (nSPS) is 14.3. The Kier molecular flexibility index (Phi) is 7.23. The summed E-state index contributed by atoms with van der Waals surface area (Å²) in [6.07, 6.45) is 0.357. The maximum absolute atomic E-state index is 11.7. The first-order valence-electron chi connectivity index (χ1n) is 4.78. The summed E-state index contributed by atoms with van der Waals surface area (Å²) in [5.41, 5.74) is 0. The highest BCUT2D eigenvalue weighted by atomic mass is 32.2. The van der Waals surface area contributed by atoms with E-state index in [0.717, 1.165) is 19.3 Å². The topological polar surface area (TPSA) is 17.1 Å². The summed E-state index contributed by atoms with van der Waals surface area (Å²) in [5, 5.41) is 0. The molecule has 86 valence electrons. The van der Waals surface area contributed by atoms with Gasteiger partial charge in [-0.3, -0.25) is 4.21 Å². The predicted molar refractivity (Wildman–Crippen MR) is 52.7 cm³/mol. The molecule has 0 amide bonds. The van der Waals surface area contributed by atoms with E-state index >= 15 is 0 Å². The zero-order valence-corrected chi connectivity index (χ0v) is 9.22. The molecule has 0 aliphatic rings. The molecule has 0 saturated carbocycles. The highest BCUT2D eigenvalue weighted by Crippen LogP contribution is 2.22. The van der Waals surface area contributed by atoms with E-state index in [-0.39, 0.29) is 6.42 Å². The van der Waals surface area contributed by atoms with Gasteiger partial charge in [0.05, 0.1) is 0 Å². The Morgan fingerprint density at radius 1 is 1.00 bits per heavy atom. The van der Waals surface area contributed by atoms with E-state index in [4.69, 9.17) is 0 Å². The largest absolute Gasteiger partial charge is 0.389 e. The SMILES string of the molecule is CS(=O)CCCCCCCC(F)(F)F. The molecule has 14 heavy (non-hydrogen) atoms. The summed E-state index contributed by atoms with van der Waals surface area (Å²) in [6, 6.07) is 0. The van der Waals surface area contributed by atoms with Crippen molar-refractivity contribution in [2.75, 3.05) is 12.0 Å². The Morgan fingerprint density at radius 2 is 1.50 bits per heavy atom. The molecule has 0 aromatic rings. The van der Waals surface area contributed by atoms with E-state index in [1.807, 2.05) is 0 Å². The number of rotatable bonds is 7. The van der Waals surface area contributed by atoms with E-state index in [2.05, 4.69) is 0 Å². The maximum Gasteiger partial charge on any atom is 0.389 e. The first-order chi connectivity index (χ1) is 6.42. The lowest BCUT2D eigenvalue weighted by Gasteiger charge is -2.05. The van der Waals surface area contributed by atoms with E-state index < -0.39 is 23.4 Å². The fourth-order valence-electron chi connectivity index (χ4n) is 1.16. The van der Waals surface area contributed by atoms with Gasteiger partial charge in [0, 0.05) is 29.2 Å². The third-order valence-corrected chi connectivity index (χ3v) is 2.76. The lowest BCUT2D eigenvalue weighted by atomic mass is 10.1. The van der Waals surface area contributed by atoms with Crippen LogP contribution in [-0.4, -0.2) is 22.4 Å². The van der Waals surface area contributed by atoms with Crippen LogP contribution in [-0.2, 0) is 10.8 Å². The van der Waals surface area contributed by atoms with Crippen LogP contribution in [0.2, 0.25) is 0 Å². The summed E-state index contributed by atoms with van der Waals surface area (Å²) >= 11 is 0. The average Bonchev–Trinajstić information content (AvgIpc) is 2.00. The van der Waals surface area contributed by atoms with Gasteiger partial charge in [0.15, 0.2) is 0 Å². The number of unbranched alkanes of at least 4 members (excludes halogenated alkanes) is 4. The molecule has 0 aromatic heterocycles. The fourth-order valence-corrected chi connectivity index (χ4v) is 1.77. The number of hydrogen-bond acceptors (Lipinski definition) is 1. The number of alkyl halides is 3. The van der Waals surface area contributed by atoms with Crippen LogP contribution in [0.4, 0.5) is 13.2 Å². The molecule has 0 N–H and O–H groups in total. The minimum absolute atomic E-state index is 0.221. The summed E-state index contributed by atoms with van der Waals surface area (Å²) in [4.78, 5) is 0. The molecule has 0 fully saturated rings. The van der Waals surface area contributed by atoms with E-state index in [0.29, 0.717) is 12.2 Å². The molecule has 0 bridgehead atoms. The molecule has 0 spiro atoms. The summed E-state index contributed by atoms with van der Waals surface area (Å²) in [6.45, 7) is 0. The second kappa shape index (κ2) is 7.26.